The summed E-state index contributed by atoms with van der Waals surface area (Å²) >= 11 is 0. The summed E-state index contributed by atoms with van der Waals surface area (Å²) in [6.07, 6.45) is 2.41. The van der Waals surface area contributed by atoms with E-state index in [4.69, 9.17) is 4.74 Å². The van der Waals surface area contributed by atoms with Crippen molar-refractivity contribution in [3.05, 3.63) is 59.2 Å². The summed E-state index contributed by atoms with van der Waals surface area (Å²) in [5.41, 5.74) is 3.94. The Hall–Kier alpha value is -3.02. The summed E-state index contributed by atoms with van der Waals surface area (Å²) in [6, 6.07) is 9.13. The molecule has 0 unspecified atom stereocenters. The number of nitrogens with zero attached hydrogens (tertiary/aromatic N) is 3. The van der Waals surface area contributed by atoms with Gasteiger partial charge in [-0.3, -0.25) is 9.78 Å². The number of ketones is 1. The minimum atomic E-state index is -0.653. The molecule has 6 heteroatoms. The first kappa shape index (κ1) is 19.7. The lowest BCUT2D eigenvalue weighted by Gasteiger charge is -2.11. The van der Waals surface area contributed by atoms with Gasteiger partial charge in [0.05, 0.1) is 17.2 Å². The molecule has 146 valence electrons. The average molecular weight is 379 g/mol. The van der Waals surface area contributed by atoms with Crippen LogP contribution in [0.4, 0.5) is 0 Å². The van der Waals surface area contributed by atoms with E-state index in [-0.39, 0.29) is 18.1 Å². The van der Waals surface area contributed by atoms with E-state index >= 15 is 0 Å². The first-order valence-electron chi connectivity index (χ1n) is 9.45. The van der Waals surface area contributed by atoms with Crippen molar-refractivity contribution in [1.29, 1.82) is 0 Å². The summed E-state index contributed by atoms with van der Waals surface area (Å²) < 4.78 is 7.34. The average Bonchev–Trinajstić information content (AvgIpc) is 2.97. The molecule has 0 fully saturated rings. The lowest BCUT2D eigenvalue weighted by atomic mass is 10.1. The molecule has 0 saturated carbocycles. The Balaban J connectivity index is 1.67. The molecule has 0 aliphatic carbocycles. The number of aromatic nitrogens is 3. The van der Waals surface area contributed by atoms with Crippen LogP contribution < -0.4 is 0 Å². The van der Waals surface area contributed by atoms with Crippen molar-refractivity contribution in [3.8, 4) is 0 Å². The SMILES string of the molecule is Cc1cc(C(=O)COC(=O)c2cnc3ccccc3n2)c(C)n1CCC(C)C. The van der Waals surface area contributed by atoms with Crippen LogP contribution in [0.5, 0.6) is 0 Å². The van der Waals surface area contributed by atoms with Gasteiger partial charge in [-0.1, -0.05) is 26.0 Å². The number of carbonyl (C=O) groups excluding carboxylic acids is 2. The molecule has 28 heavy (non-hydrogen) atoms. The van der Waals surface area contributed by atoms with E-state index in [0.29, 0.717) is 22.5 Å². The molecule has 0 aliphatic rings. The zero-order valence-corrected chi connectivity index (χ0v) is 16.7. The predicted octanol–water partition coefficient (Wildman–Crippen LogP) is 4.13. The second-order valence-corrected chi connectivity index (χ2v) is 7.36. The number of carbonyl (C=O) groups is 2. The number of Topliss-reactive ketones (excluding diaryl/α,β-unsaturated/α-hetero) is 1. The standard InChI is InChI=1S/C22H25N3O3/c1-14(2)9-10-25-15(3)11-17(16(25)4)21(26)13-28-22(27)20-12-23-18-7-5-6-8-19(18)24-20/h5-8,11-12,14H,9-10,13H2,1-4H3. The number of aryl methyl sites for hydroxylation is 1. The topological polar surface area (TPSA) is 74.1 Å². The van der Waals surface area contributed by atoms with Crippen molar-refractivity contribution in [3.63, 3.8) is 0 Å². The van der Waals surface area contributed by atoms with Crippen LogP contribution >= 0.6 is 0 Å². The van der Waals surface area contributed by atoms with Crippen LogP contribution in [0.2, 0.25) is 0 Å². The zero-order valence-electron chi connectivity index (χ0n) is 16.7. The van der Waals surface area contributed by atoms with E-state index in [2.05, 4.69) is 28.4 Å². The summed E-state index contributed by atoms with van der Waals surface area (Å²) in [7, 11) is 0. The van der Waals surface area contributed by atoms with E-state index < -0.39 is 5.97 Å². The van der Waals surface area contributed by atoms with Gasteiger partial charge in [-0.2, -0.15) is 0 Å². The predicted molar refractivity (Wildman–Crippen MR) is 108 cm³/mol. The van der Waals surface area contributed by atoms with Crippen molar-refractivity contribution < 1.29 is 14.3 Å². The third-order valence-corrected chi connectivity index (χ3v) is 4.80. The highest BCUT2D eigenvalue weighted by Gasteiger charge is 2.19. The quantitative estimate of drug-likeness (QED) is 0.456. The molecule has 0 amide bonds. The van der Waals surface area contributed by atoms with Gasteiger partial charge in [0.1, 0.15) is 0 Å². The normalized spacial score (nSPS) is 11.2. The second-order valence-electron chi connectivity index (χ2n) is 7.36. The minimum Gasteiger partial charge on any atom is -0.453 e. The summed E-state index contributed by atoms with van der Waals surface area (Å²) in [5.74, 6) is -0.282. The maximum Gasteiger partial charge on any atom is 0.359 e. The first-order chi connectivity index (χ1) is 13.4. The molecule has 3 aromatic rings. The van der Waals surface area contributed by atoms with Crippen LogP contribution in [0.15, 0.2) is 36.5 Å². The van der Waals surface area contributed by atoms with Gasteiger partial charge in [-0.15, -0.1) is 0 Å². The molecule has 1 aromatic carbocycles. The molecule has 0 atom stereocenters. The molecule has 0 bridgehead atoms. The highest BCUT2D eigenvalue weighted by Crippen LogP contribution is 2.18. The lowest BCUT2D eigenvalue weighted by molar-refractivity contribution is 0.0468. The number of benzene rings is 1. The van der Waals surface area contributed by atoms with E-state index in [1.54, 1.807) is 6.07 Å². The Morgan fingerprint density at radius 1 is 1.14 bits per heavy atom. The Kier molecular flexibility index (Phi) is 5.87. The molecule has 6 nitrogen and oxygen atoms in total. The summed E-state index contributed by atoms with van der Waals surface area (Å²) in [5, 5.41) is 0. The number of hydrogen-bond donors (Lipinski definition) is 0. The highest BCUT2D eigenvalue weighted by molar-refractivity contribution is 6.00. The van der Waals surface area contributed by atoms with Crippen molar-refractivity contribution in [2.45, 2.75) is 40.7 Å². The number of ether oxygens (including phenoxy) is 1. The Bertz CT molecular complexity index is 1020. The molecule has 0 saturated heterocycles. The number of fused-ring (bicyclic) bond motifs is 1. The maximum atomic E-state index is 12.6. The molecule has 2 heterocycles. The largest absolute Gasteiger partial charge is 0.453 e. The van der Waals surface area contributed by atoms with Crippen LogP contribution in [0.3, 0.4) is 0 Å². The smallest absolute Gasteiger partial charge is 0.359 e. The fraction of sp³-hybridized carbons (Fsp3) is 0.364. The minimum absolute atomic E-state index is 0.0916. The van der Waals surface area contributed by atoms with Gasteiger partial charge in [0.25, 0.3) is 0 Å². The van der Waals surface area contributed by atoms with E-state index in [1.807, 2.05) is 38.1 Å². The molecule has 2 aromatic heterocycles. The van der Waals surface area contributed by atoms with E-state index in [9.17, 15) is 9.59 Å². The van der Waals surface area contributed by atoms with Crippen LogP contribution in [-0.2, 0) is 11.3 Å². The zero-order chi connectivity index (χ0) is 20.3. The maximum absolute atomic E-state index is 12.6. The first-order valence-corrected chi connectivity index (χ1v) is 9.45. The van der Waals surface area contributed by atoms with Crippen LogP contribution in [0.25, 0.3) is 11.0 Å². The van der Waals surface area contributed by atoms with Crippen molar-refractivity contribution in [2.24, 2.45) is 5.92 Å². The molecular weight excluding hydrogens is 354 g/mol. The van der Waals surface area contributed by atoms with Crippen molar-refractivity contribution >= 4 is 22.8 Å². The number of rotatable bonds is 7. The number of hydrogen-bond acceptors (Lipinski definition) is 5. The van der Waals surface area contributed by atoms with Gasteiger partial charge in [-0.25, -0.2) is 9.78 Å². The van der Waals surface area contributed by atoms with E-state index in [1.165, 1.54) is 6.20 Å². The fourth-order valence-electron chi connectivity index (χ4n) is 3.15. The molecule has 0 radical (unpaired) electrons. The third-order valence-electron chi connectivity index (χ3n) is 4.80. The molecule has 0 aliphatic heterocycles. The Morgan fingerprint density at radius 2 is 1.86 bits per heavy atom. The highest BCUT2D eigenvalue weighted by atomic mass is 16.5. The fourth-order valence-corrected chi connectivity index (χ4v) is 3.15. The van der Waals surface area contributed by atoms with Gasteiger partial charge >= 0.3 is 5.97 Å². The van der Waals surface area contributed by atoms with Crippen LogP contribution in [0.1, 0.15) is 52.5 Å². The number of esters is 1. The molecular formula is C22H25N3O3. The van der Waals surface area contributed by atoms with Gasteiger partial charge < -0.3 is 9.30 Å². The molecule has 3 rings (SSSR count). The molecule has 0 spiro atoms. The lowest BCUT2D eigenvalue weighted by Crippen LogP contribution is -2.16. The van der Waals surface area contributed by atoms with E-state index in [0.717, 1.165) is 24.4 Å². The van der Waals surface area contributed by atoms with Crippen molar-refractivity contribution in [1.82, 2.24) is 14.5 Å². The summed E-state index contributed by atoms with van der Waals surface area (Å²) in [4.78, 5) is 33.3. The second kappa shape index (κ2) is 8.33. The van der Waals surface area contributed by atoms with Gasteiger partial charge in [0.2, 0.25) is 5.78 Å². The van der Waals surface area contributed by atoms with Crippen LogP contribution in [0, 0.1) is 19.8 Å². The summed E-state index contributed by atoms with van der Waals surface area (Å²) in [6.45, 7) is 8.82. The van der Waals surface area contributed by atoms with Gasteiger partial charge in [0.15, 0.2) is 12.3 Å². The van der Waals surface area contributed by atoms with Crippen molar-refractivity contribution in [2.75, 3.05) is 6.61 Å². The Labute approximate surface area is 164 Å². The monoisotopic (exact) mass is 379 g/mol. The number of para-hydroxylation sites is 2. The Morgan fingerprint density at radius 3 is 2.57 bits per heavy atom. The third kappa shape index (κ3) is 4.27. The molecule has 0 N–H and O–H groups in total. The van der Waals surface area contributed by atoms with Gasteiger partial charge in [-0.05, 0) is 44.4 Å². The van der Waals surface area contributed by atoms with Gasteiger partial charge in [0, 0.05) is 23.5 Å². The van der Waals surface area contributed by atoms with Crippen LogP contribution in [-0.4, -0.2) is 32.9 Å².